The predicted octanol–water partition coefficient (Wildman–Crippen LogP) is 3.24. The summed E-state index contributed by atoms with van der Waals surface area (Å²) in [6, 6.07) is 11.0. The third-order valence-electron chi connectivity index (χ3n) is 4.23. The van der Waals surface area contributed by atoms with Crippen LogP contribution < -0.4 is 10.0 Å². The second-order valence-corrected chi connectivity index (χ2v) is 7.97. The van der Waals surface area contributed by atoms with Crippen LogP contribution in [0.4, 0.5) is 11.4 Å². The van der Waals surface area contributed by atoms with Crippen molar-refractivity contribution in [2.75, 3.05) is 23.1 Å². The summed E-state index contributed by atoms with van der Waals surface area (Å²) >= 11 is 0. The van der Waals surface area contributed by atoms with Gasteiger partial charge in [0.05, 0.1) is 4.90 Å². The van der Waals surface area contributed by atoms with Gasteiger partial charge in [0.1, 0.15) is 0 Å². The van der Waals surface area contributed by atoms with Crippen molar-refractivity contribution < 1.29 is 18.0 Å². The van der Waals surface area contributed by atoms with Crippen LogP contribution in [-0.2, 0) is 14.8 Å². The fourth-order valence-corrected chi connectivity index (χ4v) is 4.09. The third-order valence-corrected chi connectivity index (χ3v) is 5.76. The Morgan fingerprint density at radius 2 is 1.54 bits per heavy atom. The van der Waals surface area contributed by atoms with Gasteiger partial charge < -0.3 is 10.2 Å². The van der Waals surface area contributed by atoms with Gasteiger partial charge in [0.2, 0.25) is 5.91 Å². The Morgan fingerprint density at radius 3 is 2.07 bits per heavy atom. The Labute approximate surface area is 165 Å². The number of carbonyl (C=O) groups excluding carboxylic acids is 2. The molecule has 0 saturated heterocycles. The standard InChI is InChI=1S/C20H25N3O4S/c1-5-23(6-2)20(25)16-8-11-17(12-9-16)22-28(26,27)19-13-18(21-15(4)24)10-7-14(19)3/h7-13,22H,5-6H2,1-4H3,(H,21,24). The SMILES string of the molecule is CCN(CC)C(=O)c1ccc(NS(=O)(=O)c2cc(NC(C)=O)ccc2C)cc1. The largest absolute Gasteiger partial charge is 0.339 e. The van der Waals surface area contributed by atoms with Crippen LogP contribution in [0.15, 0.2) is 47.4 Å². The molecular weight excluding hydrogens is 378 g/mol. The third kappa shape index (κ3) is 5.10. The zero-order valence-electron chi connectivity index (χ0n) is 16.4. The second kappa shape index (κ2) is 8.88. The minimum absolute atomic E-state index is 0.0713. The molecule has 0 atom stereocenters. The van der Waals surface area contributed by atoms with Crippen LogP contribution >= 0.6 is 0 Å². The van der Waals surface area contributed by atoms with Gasteiger partial charge in [-0.15, -0.1) is 0 Å². The van der Waals surface area contributed by atoms with Gasteiger partial charge in [-0.25, -0.2) is 8.42 Å². The van der Waals surface area contributed by atoms with Crippen molar-refractivity contribution in [2.45, 2.75) is 32.6 Å². The Morgan fingerprint density at radius 1 is 0.964 bits per heavy atom. The fourth-order valence-electron chi connectivity index (χ4n) is 2.75. The van der Waals surface area contributed by atoms with Crippen LogP contribution in [0.2, 0.25) is 0 Å². The molecular formula is C20H25N3O4S. The van der Waals surface area contributed by atoms with Gasteiger partial charge in [-0.2, -0.15) is 0 Å². The number of carbonyl (C=O) groups is 2. The van der Waals surface area contributed by atoms with Crippen LogP contribution in [0.3, 0.4) is 0 Å². The molecule has 2 rings (SSSR count). The van der Waals surface area contributed by atoms with Crippen molar-refractivity contribution >= 4 is 33.2 Å². The van der Waals surface area contributed by atoms with Crippen molar-refractivity contribution in [3.63, 3.8) is 0 Å². The smallest absolute Gasteiger partial charge is 0.262 e. The van der Waals surface area contributed by atoms with E-state index in [0.29, 0.717) is 35.6 Å². The van der Waals surface area contributed by atoms with Gasteiger partial charge in [0, 0.05) is 37.0 Å². The van der Waals surface area contributed by atoms with Gasteiger partial charge in [-0.3, -0.25) is 14.3 Å². The van der Waals surface area contributed by atoms with Crippen molar-refractivity contribution in [3.05, 3.63) is 53.6 Å². The predicted molar refractivity (Wildman–Crippen MR) is 110 cm³/mol. The molecule has 0 aromatic heterocycles. The molecule has 28 heavy (non-hydrogen) atoms. The van der Waals surface area contributed by atoms with Crippen molar-refractivity contribution in [1.82, 2.24) is 4.90 Å². The number of nitrogens with one attached hydrogen (secondary N) is 2. The first-order chi connectivity index (χ1) is 13.2. The van der Waals surface area contributed by atoms with E-state index in [0.717, 1.165) is 0 Å². The van der Waals surface area contributed by atoms with E-state index >= 15 is 0 Å². The normalized spacial score (nSPS) is 11.0. The number of hydrogen-bond donors (Lipinski definition) is 2. The maximum Gasteiger partial charge on any atom is 0.262 e. The Kier molecular flexibility index (Phi) is 6.80. The zero-order chi connectivity index (χ0) is 20.9. The lowest BCUT2D eigenvalue weighted by molar-refractivity contribution is -0.114. The number of sulfonamides is 1. The Hall–Kier alpha value is -2.87. The first kappa shape index (κ1) is 21.4. The van der Waals surface area contributed by atoms with Crippen LogP contribution in [0.1, 0.15) is 36.7 Å². The molecule has 7 nitrogen and oxygen atoms in total. The lowest BCUT2D eigenvalue weighted by atomic mass is 10.2. The van der Waals surface area contributed by atoms with Crippen molar-refractivity contribution in [3.8, 4) is 0 Å². The lowest BCUT2D eigenvalue weighted by Crippen LogP contribution is -2.30. The zero-order valence-corrected chi connectivity index (χ0v) is 17.3. The Bertz CT molecular complexity index is 965. The highest BCUT2D eigenvalue weighted by Gasteiger charge is 2.19. The number of anilines is 2. The summed E-state index contributed by atoms with van der Waals surface area (Å²) in [6.45, 7) is 8.05. The van der Waals surface area contributed by atoms with Crippen molar-refractivity contribution in [2.24, 2.45) is 0 Å². The summed E-state index contributed by atoms with van der Waals surface area (Å²) in [6.07, 6.45) is 0. The number of benzene rings is 2. The minimum atomic E-state index is -3.86. The molecule has 0 spiro atoms. The fraction of sp³-hybridized carbons (Fsp3) is 0.300. The summed E-state index contributed by atoms with van der Waals surface area (Å²) in [5.74, 6) is -0.383. The molecule has 8 heteroatoms. The Balaban J connectivity index is 2.25. The molecule has 2 N–H and O–H groups in total. The monoisotopic (exact) mass is 403 g/mol. The number of amides is 2. The number of nitrogens with zero attached hydrogens (tertiary/aromatic N) is 1. The van der Waals surface area contributed by atoms with Gasteiger partial charge in [-0.05, 0) is 62.7 Å². The van der Waals surface area contributed by atoms with E-state index in [9.17, 15) is 18.0 Å². The van der Waals surface area contributed by atoms with E-state index in [2.05, 4.69) is 10.0 Å². The minimum Gasteiger partial charge on any atom is -0.339 e. The van der Waals surface area contributed by atoms with E-state index in [1.165, 1.54) is 13.0 Å². The van der Waals surface area contributed by atoms with Gasteiger partial charge in [-0.1, -0.05) is 6.07 Å². The average Bonchev–Trinajstić information content (AvgIpc) is 2.64. The summed E-state index contributed by atoms with van der Waals surface area (Å²) in [5, 5.41) is 2.58. The van der Waals surface area contributed by atoms with Crippen molar-refractivity contribution in [1.29, 1.82) is 0 Å². The quantitative estimate of drug-likeness (QED) is 0.742. The molecule has 2 amide bonds. The highest BCUT2D eigenvalue weighted by atomic mass is 32.2. The van der Waals surface area contributed by atoms with E-state index in [4.69, 9.17) is 0 Å². The summed E-state index contributed by atoms with van der Waals surface area (Å²) in [5.41, 5.74) is 1.80. The second-order valence-electron chi connectivity index (χ2n) is 6.32. The van der Waals surface area contributed by atoms with E-state index in [1.807, 2.05) is 13.8 Å². The molecule has 0 aliphatic rings. The first-order valence-electron chi connectivity index (χ1n) is 8.98. The number of rotatable bonds is 7. The number of aryl methyl sites for hydroxylation is 1. The van der Waals surface area contributed by atoms with E-state index in [-0.39, 0.29) is 16.7 Å². The maximum atomic E-state index is 12.8. The summed E-state index contributed by atoms with van der Waals surface area (Å²) in [4.78, 5) is 25.3. The highest BCUT2D eigenvalue weighted by molar-refractivity contribution is 7.92. The van der Waals surface area contributed by atoms with E-state index in [1.54, 1.807) is 48.2 Å². The van der Waals surface area contributed by atoms with Gasteiger partial charge in [0.15, 0.2) is 0 Å². The van der Waals surface area contributed by atoms with Crippen LogP contribution in [0.25, 0.3) is 0 Å². The van der Waals surface area contributed by atoms with E-state index < -0.39 is 10.0 Å². The number of hydrogen-bond acceptors (Lipinski definition) is 4. The maximum absolute atomic E-state index is 12.8. The molecule has 0 fully saturated rings. The topological polar surface area (TPSA) is 95.6 Å². The highest BCUT2D eigenvalue weighted by Crippen LogP contribution is 2.23. The van der Waals surface area contributed by atoms with Gasteiger partial charge in [0.25, 0.3) is 15.9 Å². The summed E-state index contributed by atoms with van der Waals surface area (Å²) < 4.78 is 28.1. The molecule has 0 aliphatic heterocycles. The molecule has 0 bridgehead atoms. The molecule has 150 valence electrons. The molecule has 0 unspecified atom stereocenters. The first-order valence-corrected chi connectivity index (χ1v) is 10.5. The lowest BCUT2D eigenvalue weighted by Gasteiger charge is -2.18. The van der Waals surface area contributed by atoms with Crippen LogP contribution in [-0.4, -0.2) is 38.2 Å². The molecule has 2 aromatic carbocycles. The molecule has 0 radical (unpaired) electrons. The average molecular weight is 404 g/mol. The molecule has 2 aromatic rings. The van der Waals surface area contributed by atoms with Crippen LogP contribution in [0, 0.1) is 6.92 Å². The molecule has 0 heterocycles. The van der Waals surface area contributed by atoms with Crippen LogP contribution in [0.5, 0.6) is 0 Å². The molecule has 0 aliphatic carbocycles. The molecule has 0 saturated carbocycles. The van der Waals surface area contributed by atoms with Gasteiger partial charge >= 0.3 is 0 Å². The summed E-state index contributed by atoms with van der Waals surface area (Å²) in [7, 11) is -3.86.